The average Bonchev–Trinajstić information content (AvgIpc) is 1.50. The van der Waals surface area contributed by atoms with Gasteiger partial charge in [0.15, 0.2) is 0 Å². The van der Waals surface area contributed by atoms with Crippen molar-refractivity contribution in [1.82, 2.24) is 0 Å². The average molecular weight is 270 g/mol. The van der Waals surface area contributed by atoms with Crippen LogP contribution in [0.3, 0.4) is 0 Å². The Kier molecular flexibility index (Phi) is 47.9. The van der Waals surface area contributed by atoms with Crippen LogP contribution in [-0.2, 0) is 40.9 Å². The van der Waals surface area contributed by atoms with E-state index in [1.807, 2.05) is 0 Å². The molecule has 4 heavy (non-hydrogen) atoms. The molecule has 0 aliphatic rings. The summed E-state index contributed by atoms with van der Waals surface area (Å²) < 4.78 is 8.28. The summed E-state index contributed by atoms with van der Waals surface area (Å²) in [5.41, 5.74) is 0. The molecular formula is HAlHfOTi. The molecule has 0 rings (SSSR count). The van der Waals surface area contributed by atoms with E-state index in [0.717, 1.165) is 0 Å². The van der Waals surface area contributed by atoms with Gasteiger partial charge in [0.25, 0.3) is 0 Å². The molecule has 0 saturated carbocycles. The second kappa shape index (κ2) is 20.5. The minimum atomic E-state index is 0.611. The van der Waals surface area contributed by atoms with Crippen LogP contribution in [0.4, 0.5) is 0 Å². The van der Waals surface area contributed by atoms with E-state index in [4.69, 9.17) is 3.80 Å². The van der Waals surface area contributed by atoms with Gasteiger partial charge in [-0.1, -0.05) is 0 Å². The third kappa shape index (κ3) is 9.07. The van der Waals surface area contributed by atoms with Gasteiger partial charge < -0.3 is 0 Å². The molecule has 0 aromatic rings. The third-order valence-corrected chi connectivity index (χ3v) is 0. The predicted molar refractivity (Wildman–Crippen MR) is 7.84 cm³/mol. The first-order chi connectivity index (χ1) is 2.00. The summed E-state index contributed by atoms with van der Waals surface area (Å²) in [5, 5.41) is 0. The molecule has 0 radical (unpaired) electrons. The molecule has 0 saturated heterocycles. The van der Waals surface area contributed by atoms with Crippen LogP contribution in [0.5, 0.6) is 0 Å². The fourth-order valence-electron chi connectivity index (χ4n) is 0. The third-order valence-electron chi connectivity index (χ3n) is 0. The van der Waals surface area contributed by atoms with Crippen molar-refractivity contribution in [3.63, 3.8) is 0 Å². The molecule has 0 aliphatic carbocycles. The Labute approximate surface area is 56.3 Å². The zero-order valence-corrected chi connectivity index (χ0v) is 8.68. The minimum absolute atomic E-state index is 0.611. The van der Waals surface area contributed by atoms with Crippen molar-refractivity contribution >= 4 is 16.2 Å². The van der Waals surface area contributed by atoms with E-state index in [1.165, 1.54) is 20.8 Å². The van der Waals surface area contributed by atoms with Gasteiger partial charge in [0.1, 0.15) is 0 Å². The van der Waals surface area contributed by atoms with E-state index >= 15 is 0 Å². The van der Waals surface area contributed by atoms with Gasteiger partial charge in [-0.05, 0) is 0 Å². The molecular weight excluding hydrogens is 269 g/mol. The zero-order valence-electron chi connectivity index (χ0n) is 2.12. The first-order valence-electron chi connectivity index (χ1n) is 0.539. The van der Waals surface area contributed by atoms with Crippen molar-refractivity contribution < 1.29 is 40.9 Å². The van der Waals surface area contributed by atoms with Crippen LogP contribution in [0.1, 0.15) is 0 Å². The van der Waals surface area contributed by atoms with Crippen LogP contribution in [0.25, 0.3) is 0 Å². The number of hydrogen-bond donors (Lipinski definition) is 0. The fraction of sp³-hybridized carbons (Fsp3) is 0. The molecule has 0 unspecified atom stereocenters. The van der Waals surface area contributed by atoms with Crippen LogP contribution >= 0.6 is 0 Å². The first-order valence-corrected chi connectivity index (χ1v) is 9.30. The van der Waals surface area contributed by atoms with E-state index in [0.29, 0.717) is 16.2 Å². The second-order valence-corrected chi connectivity index (χ2v) is 0. The Bertz CT molecular complexity index is 8.00. The fourth-order valence-corrected chi connectivity index (χ4v) is 0. The van der Waals surface area contributed by atoms with Gasteiger partial charge in [-0.3, -0.25) is 0 Å². The van der Waals surface area contributed by atoms with Crippen molar-refractivity contribution in [2.24, 2.45) is 0 Å². The Morgan fingerprint density at radius 1 is 1.50 bits per heavy atom. The molecule has 0 atom stereocenters. The summed E-state index contributed by atoms with van der Waals surface area (Å²) in [6, 6.07) is 0. The topological polar surface area (TPSA) is 17.1 Å². The van der Waals surface area contributed by atoms with Gasteiger partial charge in [-0.15, -0.1) is 0 Å². The van der Waals surface area contributed by atoms with Crippen LogP contribution < -0.4 is 0 Å². The van der Waals surface area contributed by atoms with Crippen LogP contribution in [0, 0.1) is 0 Å². The summed E-state index contributed by atoms with van der Waals surface area (Å²) in [5.74, 6) is 0. The molecule has 1 nitrogen and oxygen atoms in total. The summed E-state index contributed by atoms with van der Waals surface area (Å²) in [6.07, 6.45) is 0. The van der Waals surface area contributed by atoms with Gasteiger partial charge >= 0.3 is 57.1 Å². The van der Waals surface area contributed by atoms with E-state index in [1.54, 1.807) is 0 Å². The standard InChI is InChI=1S/Al.Hf.O.Ti.H. The van der Waals surface area contributed by atoms with Crippen molar-refractivity contribution in [1.29, 1.82) is 0 Å². The molecule has 4 heteroatoms. The van der Waals surface area contributed by atoms with Crippen molar-refractivity contribution in [2.45, 2.75) is 0 Å². The molecule has 0 aliphatic heterocycles. The van der Waals surface area contributed by atoms with Crippen molar-refractivity contribution in [3.8, 4) is 0 Å². The van der Waals surface area contributed by atoms with Crippen LogP contribution in [-0.4, -0.2) is 16.2 Å². The van der Waals surface area contributed by atoms with Gasteiger partial charge in [-0.2, -0.15) is 0 Å². The molecule has 0 aromatic heterocycles. The Morgan fingerprint density at radius 2 is 1.50 bits per heavy atom. The molecule has 18 valence electrons. The van der Waals surface area contributed by atoms with Crippen molar-refractivity contribution in [3.05, 3.63) is 0 Å². The Hall–Kier alpha value is 1.92. The predicted octanol–water partition coefficient (Wildman–Crippen LogP) is -0.772. The molecule has 0 aromatic carbocycles. The van der Waals surface area contributed by atoms with E-state index in [2.05, 4.69) is 16.2 Å². The SMILES string of the molecule is [O]=[AlH].[Ti][Hf]. The van der Waals surface area contributed by atoms with Gasteiger partial charge in [0.05, 0.1) is 0 Å². The van der Waals surface area contributed by atoms with Crippen LogP contribution in [0.15, 0.2) is 0 Å². The molecule has 0 bridgehead atoms. The molecule has 0 amide bonds. The van der Waals surface area contributed by atoms with E-state index < -0.39 is 0 Å². The summed E-state index contributed by atoms with van der Waals surface area (Å²) in [7, 11) is 0. The summed E-state index contributed by atoms with van der Waals surface area (Å²) >= 11 is 4.06. The normalized spacial score (nSPS) is 1.25. The molecule has 0 heterocycles. The van der Waals surface area contributed by atoms with Gasteiger partial charge in [0, 0.05) is 0 Å². The maximum atomic E-state index is 8.28. The molecule has 0 spiro atoms. The van der Waals surface area contributed by atoms with Crippen molar-refractivity contribution in [2.75, 3.05) is 0 Å². The van der Waals surface area contributed by atoms with Gasteiger partial charge in [0.2, 0.25) is 0 Å². The van der Waals surface area contributed by atoms with Crippen LogP contribution in [0.2, 0.25) is 0 Å². The monoisotopic (exact) mass is 272 g/mol. The van der Waals surface area contributed by atoms with E-state index in [-0.39, 0.29) is 0 Å². The summed E-state index contributed by atoms with van der Waals surface area (Å²) in [6.45, 7) is 0. The molecule has 0 fully saturated rings. The number of hydrogen-bond acceptors (Lipinski definition) is 1. The quantitative estimate of drug-likeness (QED) is 0.528. The Balaban J connectivity index is 0. The second-order valence-electron chi connectivity index (χ2n) is 0. The number of rotatable bonds is 0. The first kappa shape index (κ1) is 9.32. The Morgan fingerprint density at radius 3 is 1.50 bits per heavy atom. The maximum absolute atomic E-state index is 8.28. The van der Waals surface area contributed by atoms with Gasteiger partial charge in [-0.25, -0.2) is 0 Å². The van der Waals surface area contributed by atoms with E-state index in [9.17, 15) is 0 Å². The summed E-state index contributed by atoms with van der Waals surface area (Å²) in [4.78, 5) is 0. The zero-order chi connectivity index (χ0) is 4.00. The molecule has 0 N–H and O–H groups in total.